The largest absolute Gasteiger partial charge is 0.309 e. The standard InChI is InChI=1S/C14H23N/c1-5-14(2,11-12-15(3)4)13-9-7-6-8-10-13/h6-10H,5,11-12H2,1-4H3. The summed E-state index contributed by atoms with van der Waals surface area (Å²) in [6.45, 7) is 5.80. The molecule has 1 aromatic rings. The summed E-state index contributed by atoms with van der Waals surface area (Å²) in [5.41, 5.74) is 1.79. The van der Waals surface area contributed by atoms with Gasteiger partial charge in [0.15, 0.2) is 0 Å². The predicted octanol–water partition coefficient (Wildman–Crippen LogP) is 3.31. The Morgan fingerprint density at radius 1 is 1.13 bits per heavy atom. The van der Waals surface area contributed by atoms with Gasteiger partial charge in [-0.15, -0.1) is 0 Å². The van der Waals surface area contributed by atoms with Gasteiger partial charge in [0.25, 0.3) is 0 Å². The van der Waals surface area contributed by atoms with Crippen LogP contribution in [0.1, 0.15) is 32.3 Å². The fourth-order valence-corrected chi connectivity index (χ4v) is 1.84. The normalized spacial score (nSPS) is 15.3. The van der Waals surface area contributed by atoms with E-state index in [9.17, 15) is 0 Å². The van der Waals surface area contributed by atoms with E-state index in [1.807, 2.05) is 0 Å². The Labute approximate surface area is 94.1 Å². The van der Waals surface area contributed by atoms with Crippen molar-refractivity contribution in [3.05, 3.63) is 35.9 Å². The van der Waals surface area contributed by atoms with Gasteiger partial charge in [-0.25, -0.2) is 0 Å². The topological polar surface area (TPSA) is 3.24 Å². The molecular formula is C14H23N. The van der Waals surface area contributed by atoms with Crippen LogP contribution in [0.15, 0.2) is 30.3 Å². The summed E-state index contributed by atoms with van der Waals surface area (Å²) in [5, 5.41) is 0. The lowest BCUT2D eigenvalue weighted by Gasteiger charge is -2.30. The van der Waals surface area contributed by atoms with E-state index < -0.39 is 0 Å². The van der Waals surface area contributed by atoms with Crippen LogP contribution in [0.4, 0.5) is 0 Å². The molecule has 1 atom stereocenters. The van der Waals surface area contributed by atoms with E-state index >= 15 is 0 Å². The van der Waals surface area contributed by atoms with Crippen molar-refractivity contribution >= 4 is 0 Å². The first-order valence-corrected chi connectivity index (χ1v) is 5.79. The van der Waals surface area contributed by atoms with E-state index in [1.165, 1.54) is 18.4 Å². The average molecular weight is 205 g/mol. The first kappa shape index (κ1) is 12.3. The monoisotopic (exact) mass is 205 g/mol. The first-order valence-electron chi connectivity index (χ1n) is 5.79. The molecule has 0 fully saturated rings. The number of benzene rings is 1. The molecule has 1 unspecified atom stereocenters. The lowest BCUT2D eigenvalue weighted by atomic mass is 9.77. The summed E-state index contributed by atoms with van der Waals surface area (Å²) in [6.07, 6.45) is 2.42. The maximum Gasteiger partial charge on any atom is -0.00164 e. The number of nitrogens with zero attached hydrogens (tertiary/aromatic N) is 1. The van der Waals surface area contributed by atoms with Crippen LogP contribution in [0, 0.1) is 0 Å². The highest BCUT2D eigenvalue weighted by atomic mass is 15.0. The molecule has 0 amide bonds. The van der Waals surface area contributed by atoms with Gasteiger partial charge in [0, 0.05) is 0 Å². The fourth-order valence-electron chi connectivity index (χ4n) is 1.84. The second kappa shape index (κ2) is 5.32. The molecule has 0 saturated carbocycles. The molecule has 0 N–H and O–H groups in total. The molecule has 0 spiro atoms. The van der Waals surface area contributed by atoms with E-state index in [1.54, 1.807) is 0 Å². The lowest BCUT2D eigenvalue weighted by molar-refractivity contribution is 0.322. The van der Waals surface area contributed by atoms with Gasteiger partial charge in [-0.3, -0.25) is 0 Å². The van der Waals surface area contributed by atoms with Crippen molar-refractivity contribution in [3.63, 3.8) is 0 Å². The molecule has 0 saturated heterocycles. The summed E-state index contributed by atoms with van der Waals surface area (Å²) >= 11 is 0. The second-order valence-electron chi connectivity index (χ2n) is 4.83. The molecule has 0 heterocycles. The van der Waals surface area contributed by atoms with E-state index in [0.717, 1.165) is 6.54 Å². The Balaban J connectivity index is 2.76. The van der Waals surface area contributed by atoms with Gasteiger partial charge in [-0.1, -0.05) is 44.2 Å². The van der Waals surface area contributed by atoms with E-state index in [0.29, 0.717) is 5.41 Å². The first-order chi connectivity index (χ1) is 7.08. The quantitative estimate of drug-likeness (QED) is 0.713. The molecule has 0 aromatic heterocycles. The van der Waals surface area contributed by atoms with Gasteiger partial charge in [-0.05, 0) is 44.5 Å². The molecule has 0 radical (unpaired) electrons. The van der Waals surface area contributed by atoms with Crippen LogP contribution in [-0.2, 0) is 5.41 Å². The molecule has 84 valence electrons. The van der Waals surface area contributed by atoms with Gasteiger partial charge in [0.1, 0.15) is 0 Å². The summed E-state index contributed by atoms with van der Waals surface area (Å²) in [4.78, 5) is 2.26. The van der Waals surface area contributed by atoms with Crippen molar-refractivity contribution in [2.45, 2.75) is 32.1 Å². The maximum atomic E-state index is 2.37. The third-order valence-corrected chi connectivity index (χ3v) is 3.36. The van der Waals surface area contributed by atoms with Crippen molar-refractivity contribution in [1.29, 1.82) is 0 Å². The summed E-state index contributed by atoms with van der Waals surface area (Å²) in [6, 6.07) is 10.9. The van der Waals surface area contributed by atoms with Crippen molar-refractivity contribution in [2.24, 2.45) is 0 Å². The van der Waals surface area contributed by atoms with Crippen LogP contribution in [0.25, 0.3) is 0 Å². The highest BCUT2D eigenvalue weighted by Crippen LogP contribution is 2.30. The lowest BCUT2D eigenvalue weighted by Crippen LogP contribution is -2.27. The third-order valence-electron chi connectivity index (χ3n) is 3.36. The van der Waals surface area contributed by atoms with E-state index in [4.69, 9.17) is 0 Å². The Morgan fingerprint density at radius 3 is 2.20 bits per heavy atom. The molecule has 1 aromatic carbocycles. The van der Waals surface area contributed by atoms with E-state index in [-0.39, 0.29) is 0 Å². The Morgan fingerprint density at radius 2 is 1.73 bits per heavy atom. The summed E-state index contributed by atoms with van der Waals surface area (Å²) < 4.78 is 0. The van der Waals surface area contributed by atoms with Gasteiger partial charge in [-0.2, -0.15) is 0 Å². The van der Waals surface area contributed by atoms with E-state index in [2.05, 4.69) is 63.2 Å². The maximum absolute atomic E-state index is 2.37. The zero-order valence-corrected chi connectivity index (χ0v) is 10.5. The zero-order valence-electron chi connectivity index (χ0n) is 10.5. The number of rotatable bonds is 5. The SMILES string of the molecule is CCC(C)(CCN(C)C)c1ccccc1. The summed E-state index contributed by atoms with van der Waals surface area (Å²) in [5.74, 6) is 0. The van der Waals surface area contributed by atoms with Crippen molar-refractivity contribution in [3.8, 4) is 0 Å². The Hall–Kier alpha value is -0.820. The molecular weight excluding hydrogens is 182 g/mol. The number of hydrogen-bond donors (Lipinski definition) is 0. The van der Waals surface area contributed by atoms with Crippen molar-refractivity contribution < 1.29 is 0 Å². The van der Waals surface area contributed by atoms with Crippen LogP contribution in [0.3, 0.4) is 0 Å². The minimum atomic E-state index is 0.325. The third kappa shape index (κ3) is 3.35. The van der Waals surface area contributed by atoms with Crippen LogP contribution in [-0.4, -0.2) is 25.5 Å². The minimum absolute atomic E-state index is 0.325. The molecule has 1 rings (SSSR count). The highest BCUT2D eigenvalue weighted by molar-refractivity contribution is 5.24. The second-order valence-corrected chi connectivity index (χ2v) is 4.83. The Kier molecular flexibility index (Phi) is 4.34. The Bertz CT molecular complexity index is 279. The molecule has 0 aliphatic heterocycles. The molecule has 0 aliphatic rings. The average Bonchev–Trinajstić information content (AvgIpc) is 2.27. The van der Waals surface area contributed by atoms with Crippen LogP contribution >= 0.6 is 0 Å². The highest BCUT2D eigenvalue weighted by Gasteiger charge is 2.23. The molecule has 15 heavy (non-hydrogen) atoms. The van der Waals surface area contributed by atoms with Crippen molar-refractivity contribution in [2.75, 3.05) is 20.6 Å². The fraction of sp³-hybridized carbons (Fsp3) is 0.571. The predicted molar refractivity (Wildman–Crippen MR) is 67.3 cm³/mol. The zero-order chi connectivity index (χ0) is 11.3. The molecule has 1 heteroatoms. The van der Waals surface area contributed by atoms with Gasteiger partial charge in [0.2, 0.25) is 0 Å². The minimum Gasteiger partial charge on any atom is -0.309 e. The smallest absolute Gasteiger partial charge is 0.00164 e. The van der Waals surface area contributed by atoms with Gasteiger partial charge >= 0.3 is 0 Å². The molecule has 0 bridgehead atoms. The van der Waals surface area contributed by atoms with Gasteiger partial charge in [0.05, 0.1) is 0 Å². The summed E-state index contributed by atoms with van der Waals surface area (Å²) in [7, 11) is 4.28. The van der Waals surface area contributed by atoms with Crippen molar-refractivity contribution in [1.82, 2.24) is 4.90 Å². The van der Waals surface area contributed by atoms with Crippen LogP contribution < -0.4 is 0 Å². The van der Waals surface area contributed by atoms with Gasteiger partial charge < -0.3 is 4.90 Å². The van der Waals surface area contributed by atoms with Crippen LogP contribution in [0.2, 0.25) is 0 Å². The van der Waals surface area contributed by atoms with Crippen LogP contribution in [0.5, 0.6) is 0 Å². The number of hydrogen-bond acceptors (Lipinski definition) is 1. The molecule has 0 aliphatic carbocycles. The molecule has 1 nitrogen and oxygen atoms in total.